The molecule has 2 aromatic heterocycles. The van der Waals surface area contributed by atoms with Crippen molar-refractivity contribution in [3.8, 4) is 11.4 Å². The van der Waals surface area contributed by atoms with Crippen molar-refractivity contribution in [3.63, 3.8) is 0 Å². The fourth-order valence-corrected chi connectivity index (χ4v) is 7.07. The van der Waals surface area contributed by atoms with Crippen LogP contribution in [0.5, 0.6) is 5.75 Å². The van der Waals surface area contributed by atoms with E-state index in [-0.39, 0.29) is 17.7 Å². The van der Waals surface area contributed by atoms with Gasteiger partial charge in [0.15, 0.2) is 4.80 Å². The zero-order valence-corrected chi connectivity index (χ0v) is 27.2. The van der Waals surface area contributed by atoms with Crippen molar-refractivity contribution in [3.05, 3.63) is 143 Å². The molecular weight excluding hydrogens is 606 g/mol. The van der Waals surface area contributed by atoms with Crippen molar-refractivity contribution in [2.75, 3.05) is 13.7 Å². The van der Waals surface area contributed by atoms with Gasteiger partial charge in [-0.05, 0) is 81.3 Å². The second kappa shape index (κ2) is 12.4. The van der Waals surface area contributed by atoms with E-state index in [1.54, 1.807) is 36.8 Å². The Morgan fingerprint density at radius 2 is 1.80 bits per heavy atom. The Morgan fingerprint density at radius 3 is 2.51 bits per heavy atom. The van der Waals surface area contributed by atoms with Crippen LogP contribution in [-0.4, -0.2) is 28.8 Å². The highest BCUT2D eigenvalue weighted by Gasteiger charge is 2.37. The number of fused-ring (bicyclic) bond motifs is 1. The number of aromatic nitrogens is 2. The van der Waals surface area contributed by atoms with E-state index in [4.69, 9.17) is 26.1 Å². The summed E-state index contributed by atoms with van der Waals surface area (Å²) in [6.45, 7) is 8.07. The van der Waals surface area contributed by atoms with Crippen LogP contribution in [0.3, 0.4) is 0 Å². The Hall–Kier alpha value is -4.66. The van der Waals surface area contributed by atoms with Gasteiger partial charge in [0.05, 0.1) is 29.5 Å². The minimum Gasteiger partial charge on any atom is -0.496 e. The number of ether oxygens (including phenoxy) is 2. The number of esters is 1. The van der Waals surface area contributed by atoms with Crippen LogP contribution in [0.1, 0.15) is 46.6 Å². The Kier molecular flexibility index (Phi) is 8.36. The molecule has 1 atom stereocenters. The predicted molar refractivity (Wildman–Crippen MR) is 179 cm³/mol. The van der Waals surface area contributed by atoms with E-state index < -0.39 is 12.0 Å². The molecule has 0 fully saturated rings. The Morgan fingerprint density at radius 1 is 1.02 bits per heavy atom. The highest BCUT2D eigenvalue weighted by atomic mass is 35.5. The maximum absolute atomic E-state index is 14.4. The third-order valence-electron chi connectivity index (χ3n) is 7.88. The van der Waals surface area contributed by atoms with Gasteiger partial charge in [0.25, 0.3) is 5.56 Å². The molecule has 0 N–H and O–H groups in total. The number of methoxy groups -OCH3 is 1. The molecule has 1 aliphatic rings. The van der Waals surface area contributed by atoms with Gasteiger partial charge in [-0.3, -0.25) is 9.36 Å². The second-order valence-corrected chi connectivity index (χ2v) is 12.3. The standard InChI is InChI=1S/C36H32ClN3O4S/c1-6-44-35(42)31-32(24-12-8-7-9-13-24)38-36-40(33(31)28-20-26(37)15-16-29(28)43-5)34(41)30(45-36)19-25-18-22(3)39(23(25)4)27-14-10-11-21(2)17-27/h7-20,33H,6H2,1-5H3/b30-19-/t33-/m0/s1. The highest BCUT2D eigenvalue weighted by molar-refractivity contribution is 7.07. The van der Waals surface area contributed by atoms with Gasteiger partial charge in [-0.1, -0.05) is 65.4 Å². The van der Waals surface area contributed by atoms with Gasteiger partial charge in [-0.2, -0.15) is 0 Å². The molecule has 0 saturated heterocycles. The second-order valence-electron chi connectivity index (χ2n) is 10.8. The van der Waals surface area contributed by atoms with Crippen molar-refractivity contribution in [1.29, 1.82) is 0 Å². The lowest BCUT2D eigenvalue weighted by molar-refractivity contribution is -0.138. The molecule has 0 spiro atoms. The molecule has 3 aromatic carbocycles. The zero-order chi connectivity index (χ0) is 31.8. The molecule has 0 unspecified atom stereocenters. The molecule has 3 heterocycles. The molecule has 0 saturated carbocycles. The van der Waals surface area contributed by atoms with Crippen LogP contribution >= 0.6 is 22.9 Å². The van der Waals surface area contributed by atoms with E-state index in [9.17, 15) is 9.59 Å². The third kappa shape index (κ3) is 5.56. The quantitative estimate of drug-likeness (QED) is 0.196. The molecule has 0 bridgehead atoms. The van der Waals surface area contributed by atoms with Crippen LogP contribution in [0.4, 0.5) is 0 Å². The molecule has 7 nitrogen and oxygen atoms in total. The highest BCUT2D eigenvalue weighted by Crippen LogP contribution is 2.39. The average molecular weight is 638 g/mol. The van der Waals surface area contributed by atoms with E-state index >= 15 is 0 Å². The summed E-state index contributed by atoms with van der Waals surface area (Å²) < 4.78 is 15.5. The number of halogens is 1. The molecule has 0 radical (unpaired) electrons. The smallest absolute Gasteiger partial charge is 0.338 e. The van der Waals surface area contributed by atoms with Crippen LogP contribution in [0.2, 0.25) is 5.02 Å². The van der Waals surface area contributed by atoms with Crippen molar-refractivity contribution < 1.29 is 14.3 Å². The number of carbonyl (C=O) groups excluding carboxylic acids is 1. The number of carbonyl (C=O) groups is 1. The van der Waals surface area contributed by atoms with E-state index in [0.29, 0.717) is 31.4 Å². The van der Waals surface area contributed by atoms with Crippen molar-refractivity contribution in [1.82, 2.24) is 9.13 Å². The lowest BCUT2D eigenvalue weighted by atomic mass is 9.92. The summed E-state index contributed by atoms with van der Waals surface area (Å²) >= 11 is 7.78. The maximum atomic E-state index is 14.4. The van der Waals surface area contributed by atoms with E-state index in [2.05, 4.69) is 42.7 Å². The number of hydrogen-bond acceptors (Lipinski definition) is 6. The van der Waals surface area contributed by atoms with Crippen molar-refractivity contribution >= 4 is 40.7 Å². The van der Waals surface area contributed by atoms with Crippen LogP contribution in [0, 0.1) is 20.8 Å². The van der Waals surface area contributed by atoms with Crippen molar-refractivity contribution in [2.24, 2.45) is 4.99 Å². The molecule has 9 heteroatoms. The van der Waals surface area contributed by atoms with Crippen LogP contribution in [0.25, 0.3) is 17.5 Å². The van der Waals surface area contributed by atoms with E-state index in [1.165, 1.54) is 11.3 Å². The number of thiazole rings is 1. The van der Waals surface area contributed by atoms with Gasteiger partial charge in [-0.25, -0.2) is 9.79 Å². The predicted octanol–water partition coefficient (Wildman–Crippen LogP) is 6.31. The summed E-state index contributed by atoms with van der Waals surface area (Å²) in [4.78, 5) is 33.6. The molecule has 0 aliphatic carbocycles. The number of hydrogen-bond donors (Lipinski definition) is 0. The molecule has 6 rings (SSSR count). The lowest BCUT2D eigenvalue weighted by Gasteiger charge is -2.27. The lowest BCUT2D eigenvalue weighted by Crippen LogP contribution is -2.40. The fraction of sp³-hybridized carbons (Fsp3) is 0.194. The van der Waals surface area contributed by atoms with Gasteiger partial charge in [0.1, 0.15) is 11.8 Å². The first-order valence-electron chi connectivity index (χ1n) is 14.6. The summed E-state index contributed by atoms with van der Waals surface area (Å²) in [6.07, 6.45) is 1.90. The van der Waals surface area contributed by atoms with Crippen molar-refractivity contribution in [2.45, 2.75) is 33.7 Å². The molecule has 45 heavy (non-hydrogen) atoms. The Balaban J connectivity index is 1.64. The summed E-state index contributed by atoms with van der Waals surface area (Å²) in [5.41, 5.74) is 6.89. The normalized spacial score (nSPS) is 14.7. The Labute approximate surface area is 270 Å². The number of nitrogens with zero attached hydrogens (tertiary/aromatic N) is 3. The summed E-state index contributed by atoms with van der Waals surface area (Å²) in [7, 11) is 1.55. The number of rotatable bonds is 7. The minimum atomic E-state index is -0.897. The van der Waals surface area contributed by atoms with Gasteiger partial charge >= 0.3 is 5.97 Å². The monoisotopic (exact) mass is 637 g/mol. The van der Waals surface area contributed by atoms with Crippen LogP contribution in [-0.2, 0) is 9.53 Å². The first-order chi connectivity index (χ1) is 21.7. The van der Waals surface area contributed by atoms with Crippen LogP contribution < -0.4 is 19.6 Å². The number of aryl methyl sites for hydroxylation is 2. The molecular formula is C36H32ClN3O4S. The topological polar surface area (TPSA) is 74.8 Å². The summed E-state index contributed by atoms with van der Waals surface area (Å²) in [5, 5.41) is 0.443. The van der Waals surface area contributed by atoms with Gasteiger partial charge in [-0.15, -0.1) is 0 Å². The summed E-state index contributed by atoms with van der Waals surface area (Å²) in [6, 6.07) is 24.1. The van der Waals surface area contributed by atoms with E-state index in [0.717, 1.165) is 33.8 Å². The third-order valence-corrected chi connectivity index (χ3v) is 9.09. The fourth-order valence-electron chi connectivity index (χ4n) is 5.89. The molecule has 5 aromatic rings. The SMILES string of the molecule is CCOC(=O)C1=C(c2ccccc2)N=c2s/c(=C\c3cc(C)n(-c4cccc(C)c4)c3C)c(=O)n2[C@H]1c1cc(Cl)ccc1OC. The molecule has 0 amide bonds. The van der Waals surface area contributed by atoms with E-state index in [1.807, 2.05) is 49.4 Å². The number of benzene rings is 3. The Bertz CT molecular complexity index is 2160. The van der Waals surface area contributed by atoms with Gasteiger partial charge in [0, 0.05) is 33.2 Å². The minimum absolute atomic E-state index is 0.158. The first-order valence-corrected chi connectivity index (χ1v) is 15.8. The van der Waals surface area contributed by atoms with Gasteiger partial charge in [0.2, 0.25) is 0 Å². The van der Waals surface area contributed by atoms with Gasteiger partial charge < -0.3 is 14.0 Å². The zero-order valence-electron chi connectivity index (χ0n) is 25.6. The first kappa shape index (κ1) is 30.4. The summed E-state index contributed by atoms with van der Waals surface area (Å²) in [5.74, 6) is -0.0834. The van der Waals surface area contributed by atoms with Crippen LogP contribution in [0.15, 0.2) is 94.2 Å². The molecule has 1 aliphatic heterocycles. The largest absolute Gasteiger partial charge is 0.496 e. The average Bonchev–Trinajstić information content (AvgIpc) is 3.50. The maximum Gasteiger partial charge on any atom is 0.338 e. The molecule has 228 valence electrons.